The molecular formula is C17H15NO6. The Morgan fingerprint density at radius 1 is 0.667 bits per heavy atom. The van der Waals surface area contributed by atoms with Crippen molar-refractivity contribution >= 4 is 40.5 Å². The molecule has 1 heterocycles. The van der Waals surface area contributed by atoms with Gasteiger partial charge in [0.15, 0.2) is 23.1 Å². The number of hydrogen-bond acceptors (Lipinski definition) is 6. The summed E-state index contributed by atoms with van der Waals surface area (Å²) in [5, 5.41) is 0. The van der Waals surface area contributed by atoms with Gasteiger partial charge in [-0.1, -0.05) is 0 Å². The van der Waals surface area contributed by atoms with Gasteiger partial charge in [0.25, 0.3) is 11.7 Å². The predicted molar refractivity (Wildman–Crippen MR) is 84.2 cm³/mol. The number of rotatable bonds is 4. The third-order valence-electron chi connectivity index (χ3n) is 3.94. The molecule has 0 fully saturated rings. The molecule has 0 spiro atoms. The van der Waals surface area contributed by atoms with Crippen LogP contribution in [-0.2, 0) is 4.79 Å². The van der Waals surface area contributed by atoms with Crippen LogP contribution in [0, 0.1) is 0 Å². The molecule has 24 heavy (non-hydrogen) atoms. The van der Waals surface area contributed by atoms with Crippen molar-refractivity contribution in [2.24, 2.45) is 0 Å². The highest BCUT2D eigenvalue weighted by Crippen LogP contribution is 2.40. The van der Waals surface area contributed by atoms with Gasteiger partial charge in [-0.05, 0) is 27.7 Å². The molecule has 1 aliphatic rings. The summed E-state index contributed by atoms with van der Waals surface area (Å²) in [6.07, 6.45) is 0. The topological polar surface area (TPSA) is 106 Å². The normalized spacial score (nSPS) is 13.1. The van der Waals surface area contributed by atoms with E-state index in [1.54, 1.807) is 0 Å². The number of Topliss-reactive ketones (excluding diaryl/α,β-unsaturated/α-hetero) is 5. The van der Waals surface area contributed by atoms with Crippen LogP contribution in [0.5, 0.6) is 0 Å². The molecule has 0 unspecified atom stereocenters. The van der Waals surface area contributed by atoms with Crippen LogP contribution in [0.25, 0.3) is 0 Å². The maximum Gasteiger partial charge on any atom is 0.299 e. The van der Waals surface area contributed by atoms with Gasteiger partial charge in [0.05, 0.1) is 16.8 Å². The lowest BCUT2D eigenvalue weighted by Gasteiger charge is -2.20. The first kappa shape index (κ1) is 17.4. The second-order valence-electron chi connectivity index (χ2n) is 5.64. The summed E-state index contributed by atoms with van der Waals surface area (Å²) in [5.41, 5.74) is -1.35. The zero-order valence-electron chi connectivity index (χ0n) is 13.9. The molecule has 0 saturated heterocycles. The Kier molecular flexibility index (Phi) is 4.05. The lowest BCUT2D eigenvalue weighted by Crippen LogP contribution is -2.26. The Labute approximate surface area is 137 Å². The van der Waals surface area contributed by atoms with Gasteiger partial charge in [-0.3, -0.25) is 28.8 Å². The molecule has 7 nitrogen and oxygen atoms in total. The average Bonchev–Trinajstić information content (AvgIpc) is 2.69. The number of likely N-dealkylation sites (N-methyl/N-ethyl adjacent to an activating group) is 1. The summed E-state index contributed by atoms with van der Waals surface area (Å²) >= 11 is 0. The van der Waals surface area contributed by atoms with Gasteiger partial charge in [-0.25, -0.2) is 0 Å². The molecular weight excluding hydrogens is 314 g/mol. The molecule has 0 N–H and O–H groups in total. The molecule has 0 atom stereocenters. The maximum absolute atomic E-state index is 12.3. The van der Waals surface area contributed by atoms with E-state index in [9.17, 15) is 28.8 Å². The number of hydrogen-bond donors (Lipinski definition) is 0. The van der Waals surface area contributed by atoms with Gasteiger partial charge < -0.3 is 4.90 Å². The third-order valence-corrected chi connectivity index (χ3v) is 3.94. The van der Waals surface area contributed by atoms with Crippen molar-refractivity contribution in [1.29, 1.82) is 0 Å². The van der Waals surface area contributed by atoms with E-state index in [-0.39, 0.29) is 33.5 Å². The third kappa shape index (κ3) is 2.20. The van der Waals surface area contributed by atoms with E-state index in [2.05, 4.69) is 0 Å². The van der Waals surface area contributed by atoms with Gasteiger partial charge in [-0.2, -0.15) is 0 Å². The first-order valence-electron chi connectivity index (χ1n) is 7.12. The molecule has 1 aliphatic heterocycles. The Balaban J connectivity index is 3.25. The van der Waals surface area contributed by atoms with Crippen LogP contribution in [0.1, 0.15) is 79.5 Å². The number of carbonyl (C=O) groups excluding carboxylic acids is 6. The van der Waals surface area contributed by atoms with Crippen molar-refractivity contribution in [3.05, 3.63) is 27.8 Å². The number of amides is 1. The quantitative estimate of drug-likeness (QED) is 0.614. The fourth-order valence-corrected chi connectivity index (χ4v) is 3.05. The van der Waals surface area contributed by atoms with E-state index in [1.807, 2.05) is 0 Å². The molecule has 0 bridgehead atoms. The number of carbonyl (C=O) groups is 6. The van der Waals surface area contributed by atoms with Crippen LogP contribution in [0.3, 0.4) is 0 Å². The Morgan fingerprint density at radius 2 is 1.04 bits per heavy atom. The molecule has 2 rings (SSSR count). The Bertz CT molecular complexity index is 878. The summed E-state index contributed by atoms with van der Waals surface area (Å²) in [7, 11) is 1.28. The molecule has 1 aromatic rings. The number of ketones is 5. The summed E-state index contributed by atoms with van der Waals surface area (Å²) in [5.74, 6) is -4.35. The second kappa shape index (κ2) is 5.59. The monoisotopic (exact) mass is 329 g/mol. The average molecular weight is 329 g/mol. The zero-order chi connectivity index (χ0) is 18.5. The molecule has 7 heteroatoms. The van der Waals surface area contributed by atoms with Crippen LogP contribution in [0.15, 0.2) is 0 Å². The molecule has 0 saturated carbocycles. The SMILES string of the molecule is CC(=O)c1c(C(C)=O)c(C(C)=O)c2c(c1C(C)=O)C(=O)C(=O)N2C. The van der Waals surface area contributed by atoms with E-state index >= 15 is 0 Å². The highest BCUT2D eigenvalue weighted by atomic mass is 16.2. The van der Waals surface area contributed by atoms with Crippen molar-refractivity contribution in [3.63, 3.8) is 0 Å². The van der Waals surface area contributed by atoms with Gasteiger partial charge in [0.2, 0.25) is 0 Å². The number of anilines is 1. The summed E-state index contributed by atoms with van der Waals surface area (Å²) in [6.45, 7) is 4.59. The van der Waals surface area contributed by atoms with Crippen LogP contribution in [0.4, 0.5) is 5.69 Å². The predicted octanol–water partition coefficient (Wildman–Crippen LogP) is 1.66. The van der Waals surface area contributed by atoms with Gasteiger partial charge in [-0.15, -0.1) is 0 Å². The molecule has 0 radical (unpaired) electrons. The van der Waals surface area contributed by atoms with E-state index < -0.39 is 34.8 Å². The van der Waals surface area contributed by atoms with Crippen molar-refractivity contribution in [3.8, 4) is 0 Å². The summed E-state index contributed by atoms with van der Waals surface area (Å²) < 4.78 is 0. The summed E-state index contributed by atoms with van der Waals surface area (Å²) in [6, 6.07) is 0. The number of fused-ring (bicyclic) bond motifs is 1. The largest absolute Gasteiger partial charge is 0.307 e. The minimum Gasteiger partial charge on any atom is -0.307 e. The van der Waals surface area contributed by atoms with E-state index in [4.69, 9.17) is 0 Å². The second-order valence-corrected chi connectivity index (χ2v) is 5.64. The first-order valence-corrected chi connectivity index (χ1v) is 7.12. The van der Waals surface area contributed by atoms with Crippen LogP contribution < -0.4 is 4.90 Å². The smallest absolute Gasteiger partial charge is 0.299 e. The highest BCUT2D eigenvalue weighted by Gasteiger charge is 2.43. The standard InChI is InChI=1S/C17H15NO6/c1-6(19)10-11(7(2)20)13(9(4)22)15-14(12(10)8(3)21)16(23)17(24)18(15)5/h1-5H3. The van der Waals surface area contributed by atoms with E-state index in [0.29, 0.717) is 0 Å². The lowest BCUT2D eigenvalue weighted by molar-refractivity contribution is -0.114. The zero-order valence-corrected chi connectivity index (χ0v) is 13.9. The lowest BCUT2D eigenvalue weighted by atomic mass is 9.83. The van der Waals surface area contributed by atoms with Crippen LogP contribution >= 0.6 is 0 Å². The fourth-order valence-electron chi connectivity index (χ4n) is 3.05. The Morgan fingerprint density at radius 3 is 1.42 bits per heavy atom. The number of nitrogens with zero attached hydrogens (tertiary/aromatic N) is 1. The molecule has 124 valence electrons. The first-order chi connectivity index (χ1) is 11.0. The molecule has 0 aromatic heterocycles. The van der Waals surface area contributed by atoms with Crippen LogP contribution in [0.2, 0.25) is 0 Å². The van der Waals surface area contributed by atoms with Crippen molar-refractivity contribution in [2.75, 3.05) is 11.9 Å². The van der Waals surface area contributed by atoms with Crippen molar-refractivity contribution in [2.45, 2.75) is 27.7 Å². The molecule has 0 aliphatic carbocycles. The maximum atomic E-state index is 12.3. The highest BCUT2D eigenvalue weighted by molar-refractivity contribution is 6.54. The molecule has 1 aromatic carbocycles. The fraction of sp³-hybridized carbons (Fsp3) is 0.294. The van der Waals surface area contributed by atoms with E-state index in [1.165, 1.54) is 14.0 Å². The van der Waals surface area contributed by atoms with Gasteiger partial charge in [0.1, 0.15) is 0 Å². The minimum atomic E-state index is -0.974. The minimum absolute atomic E-state index is 0.0853. The van der Waals surface area contributed by atoms with Crippen LogP contribution in [-0.4, -0.2) is 41.9 Å². The van der Waals surface area contributed by atoms with E-state index in [0.717, 1.165) is 25.7 Å². The molecule has 1 amide bonds. The number of benzene rings is 1. The van der Waals surface area contributed by atoms with Gasteiger partial charge >= 0.3 is 0 Å². The summed E-state index contributed by atoms with van der Waals surface area (Å²) in [4.78, 5) is 73.8. The Hall–Kier alpha value is -2.96. The van der Waals surface area contributed by atoms with Crippen molar-refractivity contribution in [1.82, 2.24) is 0 Å². The van der Waals surface area contributed by atoms with Crippen molar-refractivity contribution < 1.29 is 28.8 Å². The van der Waals surface area contributed by atoms with Gasteiger partial charge in [0, 0.05) is 23.7 Å².